The third-order valence-electron chi connectivity index (χ3n) is 5.51. The van der Waals surface area contributed by atoms with Gasteiger partial charge in [-0.3, -0.25) is 19.7 Å². The van der Waals surface area contributed by atoms with E-state index in [1.807, 2.05) is 34.1 Å². The fourth-order valence-corrected chi connectivity index (χ4v) is 4.11. The first kappa shape index (κ1) is 17.7. The van der Waals surface area contributed by atoms with Crippen molar-refractivity contribution in [1.29, 1.82) is 0 Å². The molecule has 2 atom stereocenters. The number of nitrogens with zero attached hydrogens (tertiary/aromatic N) is 4. The Balaban J connectivity index is 1.51. The second-order valence-corrected chi connectivity index (χ2v) is 7.45. The van der Waals surface area contributed by atoms with Crippen LogP contribution in [0.4, 0.5) is 0 Å². The summed E-state index contributed by atoms with van der Waals surface area (Å²) in [5, 5.41) is 7.14. The zero-order valence-corrected chi connectivity index (χ0v) is 15.6. The molecule has 3 aliphatic heterocycles. The molecular weight excluding hydrogens is 342 g/mol. The molecule has 0 unspecified atom stereocenters. The number of hydrogen-bond acceptors (Lipinski definition) is 4. The van der Waals surface area contributed by atoms with E-state index in [0.29, 0.717) is 25.3 Å². The number of aryl methyl sites for hydroxylation is 1. The molecular formula is C20H25N5O2. The number of piperidine rings is 1. The summed E-state index contributed by atoms with van der Waals surface area (Å²) < 4.78 is 0. The number of pyridine rings is 1. The Kier molecular flexibility index (Phi) is 4.92. The maximum atomic E-state index is 13.0. The molecule has 1 N–H and O–H groups in total. The summed E-state index contributed by atoms with van der Waals surface area (Å²) in [5.41, 5.74) is 2.31. The third kappa shape index (κ3) is 3.59. The van der Waals surface area contributed by atoms with Crippen LogP contribution in [-0.2, 0) is 17.8 Å². The highest BCUT2D eigenvalue weighted by molar-refractivity contribution is 5.93. The summed E-state index contributed by atoms with van der Waals surface area (Å²) in [4.78, 5) is 34.0. The van der Waals surface area contributed by atoms with Crippen LogP contribution >= 0.6 is 0 Å². The van der Waals surface area contributed by atoms with E-state index in [9.17, 15) is 9.59 Å². The van der Waals surface area contributed by atoms with E-state index in [4.69, 9.17) is 0 Å². The highest BCUT2D eigenvalue weighted by Crippen LogP contribution is 2.30. The van der Waals surface area contributed by atoms with Crippen molar-refractivity contribution in [2.75, 3.05) is 13.1 Å². The van der Waals surface area contributed by atoms with Crippen molar-refractivity contribution in [3.05, 3.63) is 47.5 Å². The van der Waals surface area contributed by atoms with Crippen molar-refractivity contribution < 1.29 is 9.59 Å². The Morgan fingerprint density at radius 1 is 1.30 bits per heavy atom. The highest BCUT2D eigenvalue weighted by Gasteiger charge is 2.42. The van der Waals surface area contributed by atoms with Gasteiger partial charge in [0.15, 0.2) is 0 Å². The van der Waals surface area contributed by atoms with Crippen LogP contribution in [0.3, 0.4) is 0 Å². The van der Waals surface area contributed by atoms with Gasteiger partial charge in [0.1, 0.15) is 5.69 Å². The Morgan fingerprint density at radius 2 is 2.19 bits per heavy atom. The molecule has 7 heteroatoms. The fraction of sp³-hybridized carbons (Fsp3) is 0.500. The van der Waals surface area contributed by atoms with Gasteiger partial charge in [-0.25, -0.2) is 0 Å². The van der Waals surface area contributed by atoms with E-state index >= 15 is 0 Å². The van der Waals surface area contributed by atoms with E-state index in [0.717, 1.165) is 37.1 Å². The highest BCUT2D eigenvalue weighted by atomic mass is 16.2. The van der Waals surface area contributed by atoms with Gasteiger partial charge in [0, 0.05) is 31.0 Å². The van der Waals surface area contributed by atoms with Gasteiger partial charge in [-0.1, -0.05) is 19.4 Å². The van der Waals surface area contributed by atoms with Crippen molar-refractivity contribution in [3.63, 3.8) is 0 Å². The van der Waals surface area contributed by atoms with Crippen molar-refractivity contribution in [2.24, 2.45) is 5.92 Å². The number of carbonyl (C=O) groups is 2. The second-order valence-electron chi connectivity index (χ2n) is 7.45. The first-order valence-electron chi connectivity index (χ1n) is 9.69. The van der Waals surface area contributed by atoms with Gasteiger partial charge in [0.25, 0.3) is 5.91 Å². The molecule has 27 heavy (non-hydrogen) atoms. The SMILES string of the molecule is CCCc1cc(C(=O)N2C[C@@H]3CC[C@H](C2)N(Cc2ccccn2)C3=O)n[nH]1. The second kappa shape index (κ2) is 7.50. The lowest BCUT2D eigenvalue weighted by atomic mass is 9.94. The molecule has 0 spiro atoms. The lowest BCUT2D eigenvalue weighted by molar-refractivity contribution is -0.140. The largest absolute Gasteiger partial charge is 0.334 e. The molecule has 2 aromatic heterocycles. The molecule has 142 valence electrons. The Labute approximate surface area is 158 Å². The average molecular weight is 367 g/mol. The number of aromatic nitrogens is 3. The van der Waals surface area contributed by atoms with Gasteiger partial charge >= 0.3 is 0 Å². The summed E-state index contributed by atoms with van der Waals surface area (Å²) >= 11 is 0. The van der Waals surface area contributed by atoms with E-state index in [2.05, 4.69) is 22.1 Å². The minimum absolute atomic E-state index is 0.0382. The van der Waals surface area contributed by atoms with E-state index in [1.54, 1.807) is 6.20 Å². The Morgan fingerprint density at radius 3 is 2.96 bits per heavy atom. The van der Waals surface area contributed by atoms with Crippen molar-refractivity contribution in [2.45, 2.75) is 45.2 Å². The molecule has 3 saturated heterocycles. The maximum Gasteiger partial charge on any atom is 0.274 e. The van der Waals surface area contributed by atoms with Gasteiger partial charge in [-0.2, -0.15) is 5.10 Å². The quantitative estimate of drug-likeness (QED) is 0.876. The predicted octanol–water partition coefficient (Wildman–Crippen LogP) is 2.02. The molecule has 3 aliphatic rings. The van der Waals surface area contributed by atoms with Crippen molar-refractivity contribution in [1.82, 2.24) is 25.0 Å². The molecule has 0 aromatic carbocycles. The number of amides is 2. The number of carbonyl (C=O) groups excluding carboxylic acids is 2. The fourth-order valence-electron chi connectivity index (χ4n) is 4.11. The lowest BCUT2D eigenvalue weighted by Crippen LogP contribution is -2.47. The summed E-state index contributed by atoms with van der Waals surface area (Å²) in [6, 6.07) is 7.62. The van der Waals surface area contributed by atoms with Crippen molar-refractivity contribution >= 4 is 11.8 Å². The molecule has 0 radical (unpaired) electrons. The number of hydrogen-bond donors (Lipinski definition) is 1. The van der Waals surface area contributed by atoms with Gasteiger partial charge in [-0.05, 0) is 37.5 Å². The number of rotatable bonds is 5. The number of nitrogens with one attached hydrogen (secondary N) is 1. The monoisotopic (exact) mass is 367 g/mol. The van der Waals surface area contributed by atoms with Crippen LogP contribution in [0.5, 0.6) is 0 Å². The van der Waals surface area contributed by atoms with Crippen LogP contribution in [0.25, 0.3) is 0 Å². The van der Waals surface area contributed by atoms with E-state index in [-0.39, 0.29) is 23.8 Å². The molecule has 3 fully saturated rings. The topological polar surface area (TPSA) is 82.2 Å². The maximum absolute atomic E-state index is 13.0. The average Bonchev–Trinajstić information content (AvgIpc) is 2.98. The van der Waals surface area contributed by atoms with Gasteiger partial charge in [0.2, 0.25) is 5.91 Å². The minimum atomic E-state index is -0.134. The molecule has 0 saturated carbocycles. The number of fused-ring (bicyclic) bond motifs is 4. The summed E-state index contributed by atoms with van der Waals surface area (Å²) in [7, 11) is 0. The zero-order valence-electron chi connectivity index (χ0n) is 15.6. The number of aromatic amines is 1. The Hall–Kier alpha value is -2.70. The normalized spacial score (nSPS) is 22.2. The van der Waals surface area contributed by atoms with Crippen molar-refractivity contribution in [3.8, 4) is 0 Å². The smallest absolute Gasteiger partial charge is 0.274 e. The molecule has 2 aromatic rings. The summed E-state index contributed by atoms with van der Waals surface area (Å²) in [6.07, 6.45) is 5.39. The van der Waals surface area contributed by atoms with Gasteiger partial charge in [-0.15, -0.1) is 0 Å². The first-order chi connectivity index (χ1) is 13.2. The molecule has 2 amide bonds. The summed E-state index contributed by atoms with van der Waals surface area (Å²) in [6.45, 7) is 3.63. The summed E-state index contributed by atoms with van der Waals surface area (Å²) in [5.74, 6) is -0.0793. The third-order valence-corrected chi connectivity index (χ3v) is 5.51. The molecule has 2 bridgehead atoms. The van der Waals surface area contributed by atoms with Crippen LogP contribution in [0.2, 0.25) is 0 Å². The van der Waals surface area contributed by atoms with Crippen LogP contribution in [0, 0.1) is 5.92 Å². The van der Waals surface area contributed by atoms with Crippen LogP contribution < -0.4 is 0 Å². The molecule has 5 heterocycles. The van der Waals surface area contributed by atoms with Crippen LogP contribution in [-0.4, -0.2) is 55.9 Å². The van der Waals surface area contributed by atoms with Crippen LogP contribution in [0.1, 0.15) is 48.1 Å². The lowest BCUT2D eigenvalue weighted by Gasteiger charge is -2.35. The number of H-pyrrole nitrogens is 1. The molecule has 5 rings (SSSR count). The van der Waals surface area contributed by atoms with E-state index in [1.165, 1.54) is 0 Å². The van der Waals surface area contributed by atoms with Gasteiger partial charge < -0.3 is 9.80 Å². The minimum Gasteiger partial charge on any atom is -0.334 e. The van der Waals surface area contributed by atoms with E-state index < -0.39 is 0 Å². The molecule has 7 nitrogen and oxygen atoms in total. The zero-order chi connectivity index (χ0) is 18.8. The first-order valence-corrected chi connectivity index (χ1v) is 9.69. The van der Waals surface area contributed by atoms with Crippen LogP contribution in [0.15, 0.2) is 30.5 Å². The standard InChI is InChI=1S/C20H25N5O2/c1-2-5-15-10-18(23-22-15)20(27)24-11-14-7-8-17(13-24)25(19(14)26)12-16-6-3-4-9-21-16/h3-4,6,9-10,14,17H,2,5,7-8,11-13H2,1H3,(H,22,23)/t14-,17+/m0/s1. The predicted molar refractivity (Wildman–Crippen MR) is 99.8 cm³/mol. The molecule has 0 aliphatic carbocycles. The Bertz CT molecular complexity index is 819. The van der Waals surface area contributed by atoms with Gasteiger partial charge in [0.05, 0.1) is 18.2 Å².